The molecule has 1 aliphatic rings. The number of hydrogen-bond donors (Lipinski definition) is 1. The maximum Gasteiger partial charge on any atom is 0.258 e. The van der Waals surface area contributed by atoms with E-state index in [1.54, 1.807) is 14.2 Å². The number of methoxy groups -OCH3 is 2. The van der Waals surface area contributed by atoms with Crippen molar-refractivity contribution in [3.8, 4) is 22.9 Å². The molecule has 0 bridgehead atoms. The summed E-state index contributed by atoms with van der Waals surface area (Å²) in [5.74, 6) is 2.20. The van der Waals surface area contributed by atoms with E-state index < -0.39 is 0 Å². The third-order valence-corrected chi connectivity index (χ3v) is 6.69. The first-order valence-electron chi connectivity index (χ1n) is 11.9. The Kier molecular flexibility index (Phi) is 7.70. The Bertz CT molecular complexity index is 1220. The molecule has 8 heteroatoms. The highest BCUT2D eigenvalue weighted by Crippen LogP contribution is 2.38. The van der Waals surface area contributed by atoms with Crippen LogP contribution in [-0.4, -0.2) is 40.9 Å². The maximum absolute atomic E-state index is 5.84. The predicted octanol–water partition coefficient (Wildman–Crippen LogP) is 5.78. The minimum Gasteiger partial charge on any atom is -0.493 e. The van der Waals surface area contributed by atoms with E-state index in [4.69, 9.17) is 31.2 Å². The van der Waals surface area contributed by atoms with Gasteiger partial charge in [0.15, 0.2) is 16.6 Å². The number of nitrogens with one attached hydrogen (secondary N) is 1. The average Bonchev–Trinajstić information content (AvgIpc) is 3.37. The molecule has 3 aromatic rings. The van der Waals surface area contributed by atoms with Crippen molar-refractivity contribution in [2.45, 2.75) is 46.1 Å². The molecule has 1 unspecified atom stereocenters. The van der Waals surface area contributed by atoms with Gasteiger partial charge >= 0.3 is 0 Å². The molecule has 0 saturated heterocycles. The molecular formula is C27H32N4O3S. The number of unbranched alkanes of at least 4 members (excludes halogenated alkanes) is 1. The van der Waals surface area contributed by atoms with E-state index in [-0.39, 0.29) is 6.04 Å². The third-order valence-electron chi connectivity index (χ3n) is 6.35. The number of rotatable bonds is 9. The minimum absolute atomic E-state index is 0.190. The normalized spacial score (nSPS) is 15.9. The van der Waals surface area contributed by atoms with Crippen molar-refractivity contribution in [3.63, 3.8) is 0 Å². The van der Waals surface area contributed by atoms with Crippen LogP contribution in [0.3, 0.4) is 0 Å². The van der Waals surface area contributed by atoms with Gasteiger partial charge in [0.05, 0.1) is 25.8 Å². The van der Waals surface area contributed by atoms with Crippen LogP contribution in [0.4, 0.5) is 0 Å². The van der Waals surface area contributed by atoms with Crippen LogP contribution < -0.4 is 14.8 Å². The molecular weight excluding hydrogens is 460 g/mol. The van der Waals surface area contributed by atoms with Gasteiger partial charge in [0.1, 0.15) is 0 Å². The largest absolute Gasteiger partial charge is 0.493 e. The Balaban J connectivity index is 1.77. The van der Waals surface area contributed by atoms with Crippen molar-refractivity contribution in [1.29, 1.82) is 0 Å². The van der Waals surface area contributed by atoms with Crippen LogP contribution in [0.25, 0.3) is 17.0 Å². The fourth-order valence-electron chi connectivity index (χ4n) is 4.27. The van der Waals surface area contributed by atoms with Gasteiger partial charge in [-0.1, -0.05) is 49.7 Å². The van der Waals surface area contributed by atoms with E-state index in [1.165, 1.54) is 5.56 Å². The number of ether oxygens (including phenoxy) is 2. The lowest BCUT2D eigenvalue weighted by molar-refractivity contribution is 0.355. The second kappa shape index (κ2) is 10.9. The first kappa shape index (κ1) is 24.7. The number of aromatic nitrogens is 2. The second-order valence-electron chi connectivity index (χ2n) is 8.47. The van der Waals surface area contributed by atoms with Crippen molar-refractivity contribution in [3.05, 3.63) is 65.2 Å². The number of thiocarbonyl (C=S) groups is 1. The zero-order valence-electron chi connectivity index (χ0n) is 20.9. The zero-order valence-corrected chi connectivity index (χ0v) is 21.7. The second-order valence-corrected chi connectivity index (χ2v) is 8.86. The Morgan fingerprint density at radius 1 is 1.06 bits per heavy atom. The molecule has 0 radical (unpaired) electrons. The average molecular weight is 493 g/mol. The Hall–Kier alpha value is -3.39. The number of benzene rings is 2. The van der Waals surface area contributed by atoms with Crippen LogP contribution >= 0.6 is 12.2 Å². The summed E-state index contributed by atoms with van der Waals surface area (Å²) in [6, 6.07) is 14.0. The van der Waals surface area contributed by atoms with Gasteiger partial charge in [-0.25, -0.2) is 0 Å². The fourth-order valence-corrected chi connectivity index (χ4v) is 4.61. The summed E-state index contributed by atoms with van der Waals surface area (Å²) in [6.07, 6.45) is 3.10. The zero-order chi connectivity index (χ0) is 24.9. The number of allylic oxidation sites excluding steroid dienone is 1. The summed E-state index contributed by atoms with van der Waals surface area (Å²) >= 11 is 5.77. The summed E-state index contributed by atoms with van der Waals surface area (Å²) in [5.41, 5.74) is 5.11. The van der Waals surface area contributed by atoms with Crippen LogP contribution in [0.1, 0.15) is 56.7 Å². The van der Waals surface area contributed by atoms with E-state index in [9.17, 15) is 0 Å². The van der Waals surface area contributed by atoms with E-state index in [2.05, 4.69) is 60.4 Å². The molecule has 2 aromatic carbocycles. The van der Waals surface area contributed by atoms with Gasteiger partial charge in [0, 0.05) is 17.8 Å². The standard InChI is InChI=1S/C27H32N4O3S/c1-6-8-15-31-17(3)23(24(28-27(31)35)19-11-9-18(7-2)10-12-19)26-29-25(30-34-26)20-13-14-21(32-4)22(16-20)33-5/h9-14,16,24H,6-8,15H2,1-5H3,(H,28,35). The highest BCUT2D eigenvalue weighted by atomic mass is 32.1. The smallest absolute Gasteiger partial charge is 0.258 e. The molecule has 35 heavy (non-hydrogen) atoms. The Morgan fingerprint density at radius 2 is 1.80 bits per heavy atom. The molecule has 0 spiro atoms. The minimum atomic E-state index is -0.190. The predicted molar refractivity (Wildman–Crippen MR) is 141 cm³/mol. The lowest BCUT2D eigenvalue weighted by Gasteiger charge is -2.37. The van der Waals surface area contributed by atoms with Crippen LogP contribution in [0.5, 0.6) is 11.5 Å². The molecule has 1 aliphatic heterocycles. The summed E-state index contributed by atoms with van der Waals surface area (Å²) < 4.78 is 16.6. The SMILES string of the molecule is CCCCN1C(=S)NC(c2ccc(CC)cc2)C(c2nc(-c3ccc(OC)c(OC)c3)no2)=C1C. The molecule has 184 valence electrons. The van der Waals surface area contributed by atoms with Crippen molar-refractivity contribution in [2.24, 2.45) is 0 Å². The lowest BCUT2D eigenvalue weighted by Crippen LogP contribution is -2.46. The third kappa shape index (κ3) is 5.03. The van der Waals surface area contributed by atoms with Gasteiger partial charge in [-0.3, -0.25) is 0 Å². The lowest BCUT2D eigenvalue weighted by atomic mass is 9.93. The van der Waals surface area contributed by atoms with Crippen LogP contribution in [0, 0.1) is 0 Å². The highest BCUT2D eigenvalue weighted by molar-refractivity contribution is 7.80. The van der Waals surface area contributed by atoms with E-state index in [0.29, 0.717) is 28.3 Å². The van der Waals surface area contributed by atoms with Crippen LogP contribution in [-0.2, 0) is 6.42 Å². The topological polar surface area (TPSA) is 72.7 Å². The van der Waals surface area contributed by atoms with Gasteiger partial charge in [0.2, 0.25) is 5.82 Å². The Labute approximate surface area is 212 Å². The first-order valence-corrected chi connectivity index (χ1v) is 12.4. The summed E-state index contributed by atoms with van der Waals surface area (Å²) in [5, 5.41) is 8.53. The van der Waals surface area contributed by atoms with Crippen LogP contribution in [0.15, 0.2) is 52.7 Å². The molecule has 2 heterocycles. The van der Waals surface area contributed by atoms with Gasteiger partial charge in [-0.05, 0) is 61.3 Å². The molecule has 1 aromatic heterocycles. The number of nitrogens with zero attached hydrogens (tertiary/aromatic N) is 3. The van der Waals surface area contributed by atoms with Crippen LogP contribution in [0.2, 0.25) is 0 Å². The van der Waals surface area contributed by atoms with Crippen molar-refractivity contribution < 1.29 is 14.0 Å². The van der Waals surface area contributed by atoms with E-state index in [0.717, 1.165) is 48.2 Å². The molecule has 0 aliphatic carbocycles. The molecule has 0 amide bonds. The monoisotopic (exact) mass is 492 g/mol. The molecule has 7 nitrogen and oxygen atoms in total. The van der Waals surface area contributed by atoms with Gasteiger partial charge in [-0.2, -0.15) is 4.98 Å². The molecule has 1 atom stereocenters. The summed E-state index contributed by atoms with van der Waals surface area (Å²) in [6.45, 7) is 7.23. The summed E-state index contributed by atoms with van der Waals surface area (Å²) in [7, 11) is 3.21. The molecule has 1 N–H and O–H groups in total. The number of hydrogen-bond acceptors (Lipinski definition) is 6. The maximum atomic E-state index is 5.84. The quantitative estimate of drug-likeness (QED) is 0.377. The summed E-state index contributed by atoms with van der Waals surface area (Å²) in [4.78, 5) is 6.92. The fraction of sp³-hybridized carbons (Fsp3) is 0.370. The van der Waals surface area contributed by atoms with E-state index >= 15 is 0 Å². The van der Waals surface area contributed by atoms with Crippen molar-refractivity contribution >= 4 is 22.9 Å². The van der Waals surface area contributed by atoms with Crippen molar-refractivity contribution in [1.82, 2.24) is 20.4 Å². The van der Waals surface area contributed by atoms with Gasteiger partial charge in [0.25, 0.3) is 5.89 Å². The molecule has 0 fully saturated rings. The van der Waals surface area contributed by atoms with Gasteiger partial charge < -0.3 is 24.2 Å². The molecule has 0 saturated carbocycles. The first-order chi connectivity index (χ1) is 17.0. The molecule has 4 rings (SSSR count). The van der Waals surface area contributed by atoms with Crippen molar-refractivity contribution in [2.75, 3.05) is 20.8 Å². The number of aryl methyl sites for hydroxylation is 1. The highest BCUT2D eigenvalue weighted by Gasteiger charge is 2.34. The van der Waals surface area contributed by atoms with Gasteiger partial charge in [-0.15, -0.1) is 0 Å². The van der Waals surface area contributed by atoms with E-state index in [1.807, 2.05) is 18.2 Å². The Morgan fingerprint density at radius 3 is 2.46 bits per heavy atom.